The third-order valence-electron chi connectivity index (χ3n) is 14.3. The molecule has 0 radical (unpaired) electrons. The lowest BCUT2D eigenvalue weighted by Crippen LogP contribution is -2.68. The van der Waals surface area contributed by atoms with E-state index < -0.39 is 11.5 Å². The van der Waals surface area contributed by atoms with Gasteiger partial charge >= 0.3 is 5.97 Å². The average Bonchev–Trinajstić information content (AvgIpc) is 2.83. The fourth-order valence-corrected chi connectivity index (χ4v) is 11.9. The lowest BCUT2D eigenvalue weighted by Gasteiger charge is -2.73. The molecule has 5 saturated carbocycles. The van der Waals surface area contributed by atoms with Gasteiger partial charge in [0, 0.05) is 5.41 Å². The van der Waals surface area contributed by atoms with Crippen molar-refractivity contribution in [1.82, 2.24) is 0 Å². The van der Waals surface area contributed by atoms with Crippen LogP contribution in [0.2, 0.25) is 0 Å². The van der Waals surface area contributed by atoms with Crippen LogP contribution >= 0.6 is 0 Å². The Hall–Kier alpha value is -0.610. The SMILES string of the molecule is COC(=O)C12CCC(C)C(C)C1C1CCC3C4(C)CCC(O)C(C)(CO)C4CCC3(C)C1(C)CC2. The highest BCUT2D eigenvalue weighted by molar-refractivity contribution is 5.77. The highest BCUT2D eigenvalue weighted by Crippen LogP contribution is 2.77. The molecular formula is C31H52O4. The normalized spacial score (nSPS) is 57.8. The van der Waals surface area contributed by atoms with Crippen molar-refractivity contribution >= 4 is 5.97 Å². The van der Waals surface area contributed by atoms with Gasteiger partial charge in [-0.2, -0.15) is 0 Å². The van der Waals surface area contributed by atoms with Gasteiger partial charge in [-0.3, -0.25) is 4.79 Å². The van der Waals surface area contributed by atoms with Crippen molar-refractivity contribution < 1.29 is 19.7 Å². The van der Waals surface area contributed by atoms with Gasteiger partial charge in [-0.25, -0.2) is 0 Å². The molecule has 4 heteroatoms. The Bertz CT molecular complexity index is 857. The Labute approximate surface area is 214 Å². The van der Waals surface area contributed by atoms with Crippen LogP contribution in [0.1, 0.15) is 106 Å². The van der Waals surface area contributed by atoms with Crippen molar-refractivity contribution in [3.63, 3.8) is 0 Å². The highest BCUT2D eigenvalue weighted by atomic mass is 16.5. The van der Waals surface area contributed by atoms with Gasteiger partial charge < -0.3 is 14.9 Å². The van der Waals surface area contributed by atoms with Crippen LogP contribution in [0.25, 0.3) is 0 Å². The predicted octanol–water partition coefficient (Wildman–Crippen LogP) is 6.23. The number of carbonyl (C=O) groups is 1. The number of fused-ring (bicyclic) bond motifs is 7. The van der Waals surface area contributed by atoms with E-state index in [0.717, 1.165) is 44.9 Å². The van der Waals surface area contributed by atoms with Gasteiger partial charge in [0.2, 0.25) is 0 Å². The molecule has 0 heterocycles. The molecule has 200 valence electrons. The summed E-state index contributed by atoms with van der Waals surface area (Å²) < 4.78 is 5.52. The van der Waals surface area contributed by atoms with Crippen molar-refractivity contribution in [2.75, 3.05) is 13.7 Å². The maximum Gasteiger partial charge on any atom is 0.312 e. The third kappa shape index (κ3) is 3.08. The Balaban J connectivity index is 1.56. The fourth-order valence-electron chi connectivity index (χ4n) is 11.9. The first-order valence-corrected chi connectivity index (χ1v) is 14.7. The zero-order valence-corrected chi connectivity index (χ0v) is 23.5. The number of aliphatic hydroxyl groups excluding tert-OH is 2. The Morgan fingerprint density at radius 2 is 1.57 bits per heavy atom. The predicted molar refractivity (Wildman–Crippen MR) is 138 cm³/mol. The molecule has 12 atom stereocenters. The van der Waals surface area contributed by atoms with E-state index in [9.17, 15) is 15.0 Å². The van der Waals surface area contributed by atoms with Crippen LogP contribution < -0.4 is 0 Å². The number of carbonyl (C=O) groups excluding carboxylic acids is 1. The molecule has 12 unspecified atom stereocenters. The summed E-state index contributed by atoms with van der Waals surface area (Å²) >= 11 is 0. The quantitative estimate of drug-likeness (QED) is 0.452. The van der Waals surface area contributed by atoms with E-state index in [0.29, 0.717) is 35.5 Å². The maximum atomic E-state index is 13.4. The molecule has 0 spiro atoms. The number of ether oxygens (including phenoxy) is 1. The average molecular weight is 489 g/mol. The first-order valence-electron chi connectivity index (χ1n) is 14.7. The van der Waals surface area contributed by atoms with E-state index in [-0.39, 0.29) is 34.2 Å². The van der Waals surface area contributed by atoms with E-state index >= 15 is 0 Å². The number of hydrogen-bond acceptors (Lipinski definition) is 4. The van der Waals surface area contributed by atoms with Crippen LogP contribution in [-0.4, -0.2) is 36.0 Å². The molecule has 0 aromatic heterocycles. The Morgan fingerprint density at radius 1 is 0.857 bits per heavy atom. The summed E-state index contributed by atoms with van der Waals surface area (Å²) in [5.74, 6) is 3.21. The third-order valence-corrected chi connectivity index (χ3v) is 14.3. The summed E-state index contributed by atoms with van der Waals surface area (Å²) in [5.41, 5.74) is -0.1000. The Kier molecular flexibility index (Phi) is 6.09. The second-order valence-electron chi connectivity index (χ2n) is 14.9. The molecule has 5 aliphatic carbocycles. The summed E-state index contributed by atoms with van der Waals surface area (Å²) in [6.45, 7) is 14.8. The van der Waals surface area contributed by atoms with Crippen LogP contribution in [0.5, 0.6) is 0 Å². The van der Waals surface area contributed by atoms with Gasteiger partial charge in [-0.1, -0.05) is 41.5 Å². The number of aliphatic hydroxyl groups is 2. The molecule has 35 heavy (non-hydrogen) atoms. The lowest BCUT2D eigenvalue weighted by molar-refractivity contribution is -0.263. The second-order valence-corrected chi connectivity index (χ2v) is 14.9. The molecule has 0 aromatic carbocycles. The molecule has 0 saturated heterocycles. The number of hydrogen-bond donors (Lipinski definition) is 2. The van der Waals surface area contributed by atoms with Crippen LogP contribution in [0, 0.1) is 62.6 Å². The number of methoxy groups -OCH3 is 1. The zero-order valence-electron chi connectivity index (χ0n) is 23.5. The van der Waals surface area contributed by atoms with Crippen molar-refractivity contribution in [3.05, 3.63) is 0 Å². The van der Waals surface area contributed by atoms with Crippen molar-refractivity contribution in [3.8, 4) is 0 Å². The molecule has 5 rings (SSSR count). The number of esters is 1. The van der Waals surface area contributed by atoms with Crippen LogP contribution in [0.15, 0.2) is 0 Å². The molecule has 4 nitrogen and oxygen atoms in total. The van der Waals surface area contributed by atoms with Crippen molar-refractivity contribution in [2.45, 2.75) is 112 Å². The summed E-state index contributed by atoms with van der Waals surface area (Å²) in [6, 6.07) is 0. The van der Waals surface area contributed by atoms with Gasteiger partial charge in [-0.05, 0) is 116 Å². The topological polar surface area (TPSA) is 66.8 Å². The molecular weight excluding hydrogens is 436 g/mol. The molecule has 5 fully saturated rings. The summed E-state index contributed by atoms with van der Waals surface area (Å²) in [5, 5.41) is 21.4. The standard InChI is InChI=1S/C31H52O4/c1-19-10-15-31(26(34)35-7)17-16-29(5)21(25(31)20(19)2)8-9-23-27(3)13-12-24(33)28(4,18-32)22(27)11-14-30(23,29)6/h19-25,32-33H,8-18H2,1-7H3. The molecule has 2 N–H and O–H groups in total. The second kappa shape index (κ2) is 8.19. The van der Waals surface area contributed by atoms with E-state index in [4.69, 9.17) is 4.74 Å². The first kappa shape index (κ1) is 26.0. The van der Waals surface area contributed by atoms with Gasteiger partial charge in [0.15, 0.2) is 0 Å². The minimum absolute atomic E-state index is 0.0613. The minimum Gasteiger partial charge on any atom is -0.469 e. The van der Waals surface area contributed by atoms with Crippen LogP contribution in [-0.2, 0) is 9.53 Å². The zero-order chi connectivity index (χ0) is 25.6. The van der Waals surface area contributed by atoms with Crippen LogP contribution in [0.3, 0.4) is 0 Å². The van der Waals surface area contributed by atoms with Gasteiger partial charge in [0.1, 0.15) is 0 Å². The molecule has 5 aliphatic rings. The van der Waals surface area contributed by atoms with Gasteiger partial charge in [0.25, 0.3) is 0 Å². The summed E-state index contributed by atoms with van der Waals surface area (Å²) in [6.07, 6.45) is 10.4. The Morgan fingerprint density at radius 3 is 2.23 bits per heavy atom. The van der Waals surface area contributed by atoms with Crippen LogP contribution in [0.4, 0.5) is 0 Å². The largest absolute Gasteiger partial charge is 0.469 e. The van der Waals surface area contributed by atoms with Gasteiger partial charge in [0.05, 0.1) is 25.2 Å². The highest BCUT2D eigenvalue weighted by Gasteiger charge is 2.71. The first-order chi connectivity index (χ1) is 16.4. The van der Waals surface area contributed by atoms with Crippen molar-refractivity contribution in [1.29, 1.82) is 0 Å². The monoisotopic (exact) mass is 488 g/mol. The smallest absolute Gasteiger partial charge is 0.312 e. The van der Waals surface area contributed by atoms with E-state index in [1.54, 1.807) is 7.11 Å². The maximum absolute atomic E-state index is 13.4. The summed E-state index contributed by atoms with van der Waals surface area (Å²) in [7, 11) is 1.60. The minimum atomic E-state index is -0.401. The molecule has 0 bridgehead atoms. The van der Waals surface area contributed by atoms with E-state index in [1.807, 2.05) is 0 Å². The molecule has 0 aliphatic heterocycles. The van der Waals surface area contributed by atoms with Crippen molar-refractivity contribution in [2.24, 2.45) is 62.6 Å². The summed E-state index contributed by atoms with van der Waals surface area (Å²) in [4.78, 5) is 13.4. The van der Waals surface area contributed by atoms with E-state index in [1.165, 1.54) is 19.3 Å². The fraction of sp³-hybridized carbons (Fsp3) is 0.968. The van der Waals surface area contributed by atoms with Gasteiger partial charge in [-0.15, -0.1) is 0 Å². The molecule has 0 aromatic rings. The number of rotatable bonds is 2. The lowest BCUT2D eigenvalue weighted by atomic mass is 9.31. The molecule has 0 amide bonds. The van der Waals surface area contributed by atoms with E-state index in [2.05, 4.69) is 41.5 Å².